The van der Waals surface area contributed by atoms with Gasteiger partial charge in [0.25, 0.3) is 11.8 Å². The van der Waals surface area contributed by atoms with Crippen molar-refractivity contribution in [3.05, 3.63) is 58.7 Å². The fourth-order valence-corrected chi connectivity index (χ4v) is 2.37. The van der Waals surface area contributed by atoms with Crippen LogP contribution in [0.3, 0.4) is 0 Å². The van der Waals surface area contributed by atoms with Crippen LogP contribution in [0.4, 0.5) is 0 Å². The lowest BCUT2D eigenvalue weighted by molar-refractivity contribution is -0.133. The molecule has 0 saturated heterocycles. The zero-order valence-corrected chi connectivity index (χ0v) is 16.4. The van der Waals surface area contributed by atoms with Gasteiger partial charge in [-0.2, -0.15) is 0 Å². The van der Waals surface area contributed by atoms with Gasteiger partial charge in [-0.05, 0) is 69.0 Å². The Bertz CT molecular complexity index is 833. The Labute approximate surface area is 159 Å². The number of amides is 2. The average molecular weight is 370 g/mol. The van der Waals surface area contributed by atoms with Crippen molar-refractivity contribution in [3.8, 4) is 11.5 Å². The van der Waals surface area contributed by atoms with E-state index in [2.05, 4.69) is 10.9 Å². The van der Waals surface area contributed by atoms with Gasteiger partial charge in [-0.3, -0.25) is 20.4 Å². The van der Waals surface area contributed by atoms with Gasteiger partial charge >= 0.3 is 0 Å². The highest BCUT2D eigenvalue weighted by Crippen LogP contribution is 2.21. The molecule has 0 heterocycles. The predicted molar refractivity (Wildman–Crippen MR) is 104 cm³/mol. The number of hydrogen-bond acceptors (Lipinski definition) is 4. The summed E-state index contributed by atoms with van der Waals surface area (Å²) >= 11 is 0. The molecule has 0 aliphatic heterocycles. The van der Waals surface area contributed by atoms with Gasteiger partial charge in [-0.15, -0.1) is 0 Å². The highest BCUT2D eigenvalue weighted by atomic mass is 16.5. The number of ether oxygens (including phenoxy) is 2. The summed E-state index contributed by atoms with van der Waals surface area (Å²) in [6, 6.07) is 11.4. The van der Waals surface area contributed by atoms with E-state index in [4.69, 9.17) is 9.47 Å². The molecule has 0 aromatic heterocycles. The van der Waals surface area contributed by atoms with Crippen LogP contribution in [-0.4, -0.2) is 24.5 Å². The first kappa shape index (κ1) is 20.3. The van der Waals surface area contributed by atoms with Crippen LogP contribution in [0.1, 0.15) is 29.2 Å². The largest absolute Gasteiger partial charge is 0.483 e. The summed E-state index contributed by atoms with van der Waals surface area (Å²) in [6.45, 7) is 9.18. The van der Waals surface area contributed by atoms with E-state index in [9.17, 15) is 9.59 Å². The van der Waals surface area contributed by atoms with Crippen LogP contribution in [0, 0.1) is 27.7 Å². The minimum Gasteiger partial charge on any atom is -0.483 e. The molecule has 27 heavy (non-hydrogen) atoms. The first-order valence-electron chi connectivity index (χ1n) is 8.79. The van der Waals surface area contributed by atoms with Gasteiger partial charge < -0.3 is 9.47 Å². The lowest BCUT2D eigenvalue weighted by Crippen LogP contribution is -2.48. The van der Waals surface area contributed by atoms with Gasteiger partial charge in [0.15, 0.2) is 12.7 Å². The number of benzene rings is 2. The van der Waals surface area contributed by atoms with Crippen molar-refractivity contribution in [2.45, 2.75) is 40.7 Å². The quantitative estimate of drug-likeness (QED) is 0.767. The Hall–Kier alpha value is -3.02. The first-order valence-corrected chi connectivity index (χ1v) is 8.79. The van der Waals surface area contributed by atoms with E-state index in [0.29, 0.717) is 11.5 Å². The maximum atomic E-state index is 12.1. The van der Waals surface area contributed by atoms with Crippen LogP contribution in [0.25, 0.3) is 0 Å². The van der Waals surface area contributed by atoms with Crippen molar-refractivity contribution in [1.82, 2.24) is 10.9 Å². The minimum absolute atomic E-state index is 0.198. The summed E-state index contributed by atoms with van der Waals surface area (Å²) in [5.74, 6) is 0.379. The summed E-state index contributed by atoms with van der Waals surface area (Å²) in [5.41, 5.74) is 8.73. The van der Waals surface area contributed by atoms with Gasteiger partial charge in [0.1, 0.15) is 11.5 Å². The third-order valence-corrected chi connectivity index (χ3v) is 4.26. The van der Waals surface area contributed by atoms with Gasteiger partial charge in [-0.25, -0.2) is 0 Å². The first-order chi connectivity index (χ1) is 12.8. The highest BCUT2D eigenvalue weighted by molar-refractivity contribution is 5.85. The molecular weight excluding hydrogens is 344 g/mol. The fraction of sp³-hybridized carbons (Fsp3) is 0.333. The summed E-state index contributed by atoms with van der Waals surface area (Å²) in [5, 5.41) is 0. The second kappa shape index (κ2) is 9.07. The van der Waals surface area contributed by atoms with Gasteiger partial charge in [-0.1, -0.05) is 24.3 Å². The van der Waals surface area contributed by atoms with Crippen LogP contribution in [-0.2, 0) is 9.59 Å². The molecule has 0 bridgehead atoms. The monoisotopic (exact) mass is 370 g/mol. The molecule has 0 aliphatic carbocycles. The SMILES string of the molecule is Cc1ccc(C)c(OCC(=O)NNC(=O)C(C)Oc2cccc(C)c2C)c1. The molecule has 1 atom stereocenters. The number of rotatable bonds is 6. The summed E-state index contributed by atoms with van der Waals surface area (Å²) < 4.78 is 11.2. The van der Waals surface area contributed by atoms with Crippen molar-refractivity contribution >= 4 is 11.8 Å². The topological polar surface area (TPSA) is 76.7 Å². The Morgan fingerprint density at radius 3 is 2.44 bits per heavy atom. The van der Waals surface area contributed by atoms with Crippen LogP contribution in [0.5, 0.6) is 11.5 Å². The number of carbonyl (C=O) groups excluding carboxylic acids is 2. The standard InChI is InChI=1S/C21H26N2O4/c1-13-9-10-15(3)19(11-13)26-12-20(24)22-23-21(25)17(5)27-18-8-6-7-14(2)16(18)4/h6-11,17H,12H2,1-5H3,(H,22,24)(H,23,25). The molecular formula is C21H26N2O4. The van der Waals surface area contributed by atoms with E-state index in [1.807, 2.05) is 64.1 Å². The molecule has 0 radical (unpaired) electrons. The molecule has 0 fully saturated rings. The van der Waals surface area contributed by atoms with Crippen molar-refractivity contribution < 1.29 is 19.1 Å². The Balaban J connectivity index is 1.81. The van der Waals surface area contributed by atoms with Crippen LogP contribution in [0.15, 0.2) is 36.4 Å². The van der Waals surface area contributed by atoms with E-state index in [1.165, 1.54) is 0 Å². The van der Waals surface area contributed by atoms with Crippen molar-refractivity contribution in [1.29, 1.82) is 0 Å². The summed E-state index contributed by atoms with van der Waals surface area (Å²) in [7, 11) is 0. The van der Waals surface area contributed by atoms with Crippen molar-refractivity contribution in [2.75, 3.05) is 6.61 Å². The molecule has 2 rings (SSSR count). The molecule has 2 aromatic carbocycles. The normalized spacial score (nSPS) is 11.4. The maximum Gasteiger partial charge on any atom is 0.279 e. The number of nitrogens with one attached hydrogen (secondary N) is 2. The van der Waals surface area contributed by atoms with E-state index in [1.54, 1.807) is 6.92 Å². The van der Waals surface area contributed by atoms with Crippen LogP contribution in [0.2, 0.25) is 0 Å². The van der Waals surface area contributed by atoms with Crippen LogP contribution >= 0.6 is 0 Å². The molecule has 2 amide bonds. The molecule has 0 aliphatic rings. The smallest absolute Gasteiger partial charge is 0.279 e. The second-order valence-corrected chi connectivity index (χ2v) is 6.55. The third-order valence-electron chi connectivity index (χ3n) is 4.26. The maximum absolute atomic E-state index is 12.1. The predicted octanol–water partition coefficient (Wildman–Crippen LogP) is 2.91. The minimum atomic E-state index is -0.759. The Morgan fingerprint density at radius 1 is 0.963 bits per heavy atom. The zero-order chi connectivity index (χ0) is 20.0. The van der Waals surface area contributed by atoms with E-state index >= 15 is 0 Å². The van der Waals surface area contributed by atoms with Crippen molar-refractivity contribution in [2.24, 2.45) is 0 Å². The fourth-order valence-electron chi connectivity index (χ4n) is 2.37. The molecule has 0 saturated carbocycles. The zero-order valence-electron chi connectivity index (χ0n) is 16.4. The molecule has 144 valence electrons. The molecule has 2 N–H and O–H groups in total. The number of carbonyl (C=O) groups is 2. The number of aryl methyl sites for hydroxylation is 3. The third kappa shape index (κ3) is 5.74. The lowest BCUT2D eigenvalue weighted by Gasteiger charge is -2.17. The van der Waals surface area contributed by atoms with Crippen molar-refractivity contribution in [3.63, 3.8) is 0 Å². The lowest BCUT2D eigenvalue weighted by atomic mass is 10.1. The Kier molecular flexibility index (Phi) is 6.82. The van der Waals surface area contributed by atoms with Crippen LogP contribution < -0.4 is 20.3 Å². The Morgan fingerprint density at radius 2 is 1.70 bits per heavy atom. The second-order valence-electron chi connectivity index (χ2n) is 6.55. The van der Waals surface area contributed by atoms with Gasteiger partial charge in [0, 0.05) is 0 Å². The molecule has 6 nitrogen and oxygen atoms in total. The van der Waals surface area contributed by atoms with E-state index < -0.39 is 17.9 Å². The molecule has 1 unspecified atom stereocenters. The average Bonchev–Trinajstić information content (AvgIpc) is 2.64. The van der Waals surface area contributed by atoms with E-state index in [0.717, 1.165) is 22.3 Å². The molecule has 6 heteroatoms. The molecule has 2 aromatic rings. The van der Waals surface area contributed by atoms with Gasteiger partial charge in [0.2, 0.25) is 0 Å². The molecule has 0 spiro atoms. The van der Waals surface area contributed by atoms with E-state index in [-0.39, 0.29) is 6.61 Å². The number of hydrogen-bond donors (Lipinski definition) is 2. The number of hydrazine groups is 1. The highest BCUT2D eigenvalue weighted by Gasteiger charge is 2.17. The summed E-state index contributed by atoms with van der Waals surface area (Å²) in [6.07, 6.45) is -0.759. The summed E-state index contributed by atoms with van der Waals surface area (Å²) in [4.78, 5) is 24.0. The van der Waals surface area contributed by atoms with Gasteiger partial charge in [0.05, 0.1) is 0 Å².